The van der Waals surface area contributed by atoms with E-state index in [9.17, 15) is 13.2 Å². The van der Waals surface area contributed by atoms with Gasteiger partial charge in [0, 0.05) is 6.04 Å². The number of rotatable bonds is 5. The Kier molecular flexibility index (Phi) is 3.76. The minimum Gasteiger partial charge on any atom is -0.497 e. The third-order valence-electron chi connectivity index (χ3n) is 3.52. The van der Waals surface area contributed by atoms with Crippen molar-refractivity contribution in [1.82, 2.24) is 5.32 Å². The van der Waals surface area contributed by atoms with Crippen LogP contribution in [0.4, 0.5) is 13.2 Å². The van der Waals surface area contributed by atoms with Gasteiger partial charge in [0.05, 0.1) is 7.11 Å². The Balaban J connectivity index is 1.92. The molecular weight excluding hydrogens is 255 g/mol. The largest absolute Gasteiger partial charge is 0.497 e. The molecule has 19 heavy (non-hydrogen) atoms. The summed E-state index contributed by atoms with van der Waals surface area (Å²) in [6.45, 7) is 1.79. The number of halogens is 3. The molecule has 1 aromatic carbocycles. The van der Waals surface area contributed by atoms with Crippen LogP contribution in [-0.2, 0) is 6.42 Å². The zero-order valence-corrected chi connectivity index (χ0v) is 11.1. The van der Waals surface area contributed by atoms with Crippen molar-refractivity contribution >= 4 is 0 Å². The van der Waals surface area contributed by atoms with Gasteiger partial charge in [-0.25, -0.2) is 0 Å². The Labute approximate surface area is 111 Å². The van der Waals surface area contributed by atoms with Crippen molar-refractivity contribution < 1.29 is 17.9 Å². The number of nitrogens with one attached hydrogen (secondary N) is 1. The Morgan fingerprint density at radius 1 is 1.26 bits per heavy atom. The number of benzene rings is 1. The summed E-state index contributed by atoms with van der Waals surface area (Å²) in [5, 5.41) is 2.73. The monoisotopic (exact) mass is 273 g/mol. The lowest BCUT2D eigenvalue weighted by Crippen LogP contribution is -2.49. The van der Waals surface area contributed by atoms with E-state index in [1.807, 2.05) is 24.3 Å². The molecule has 1 aliphatic rings. The highest BCUT2D eigenvalue weighted by atomic mass is 19.4. The van der Waals surface area contributed by atoms with Crippen LogP contribution >= 0.6 is 0 Å². The molecule has 1 aliphatic carbocycles. The molecule has 0 saturated heterocycles. The second-order valence-corrected chi connectivity index (χ2v) is 5.18. The molecule has 0 amide bonds. The fourth-order valence-corrected chi connectivity index (χ4v) is 2.27. The molecule has 0 aliphatic heterocycles. The Morgan fingerprint density at radius 2 is 1.84 bits per heavy atom. The summed E-state index contributed by atoms with van der Waals surface area (Å²) in [4.78, 5) is 0. The van der Waals surface area contributed by atoms with Crippen LogP contribution in [0.2, 0.25) is 0 Å². The third-order valence-corrected chi connectivity index (χ3v) is 3.52. The lowest BCUT2D eigenvalue weighted by Gasteiger charge is -2.25. The standard InChI is InChI=1S/C14H18F3NO/c1-10(18-13(7-8-13)14(15,16)17)9-11-3-5-12(19-2)6-4-11/h3-6,10,18H,7-9H2,1-2H3. The van der Waals surface area contributed by atoms with Gasteiger partial charge in [-0.05, 0) is 43.9 Å². The van der Waals surface area contributed by atoms with Crippen LogP contribution in [0, 0.1) is 0 Å². The van der Waals surface area contributed by atoms with Crippen molar-refractivity contribution in [1.29, 1.82) is 0 Å². The fourth-order valence-electron chi connectivity index (χ4n) is 2.27. The number of hydrogen-bond acceptors (Lipinski definition) is 2. The Hall–Kier alpha value is -1.23. The number of ether oxygens (including phenoxy) is 1. The van der Waals surface area contributed by atoms with Gasteiger partial charge < -0.3 is 10.1 Å². The zero-order valence-electron chi connectivity index (χ0n) is 11.1. The lowest BCUT2D eigenvalue weighted by molar-refractivity contribution is -0.167. The van der Waals surface area contributed by atoms with Crippen LogP contribution in [0.3, 0.4) is 0 Å². The van der Waals surface area contributed by atoms with E-state index in [4.69, 9.17) is 4.74 Å². The van der Waals surface area contributed by atoms with E-state index >= 15 is 0 Å². The van der Waals surface area contributed by atoms with E-state index in [2.05, 4.69) is 5.32 Å². The molecule has 1 unspecified atom stereocenters. The summed E-state index contributed by atoms with van der Waals surface area (Å²) in [5.74, 6) is 0.748. The van der Waals surface area contributed by atoms with Gasteiger partial charge in [-0.3, -0.25) is 0 Å². The van der Waals surface area contributed by atoms with E-state index in [0.29, 0.717) is 6.42 Å². The maximum absolute atomic E-state index is 12.8. The summed E-state index contributed by atoms with van der Waals surface area (Å²) in [6.07, 6.45) is -3.21. The first-order valence-electron chi connectivity index (χ1n) is 6.34. The van der Waals surface area contributed by atoms with Crippen LogP contribution in [0.5, 0.6) is 5.75 Å². The zero-order chi connectivity index (χ0) is 14.1. The Morgan fingerprint density at radius 3 is 2.26 bits per heavy atom. The average Bonchev–Trinajstić information content (AvgIpc) is 3.10. The first kappa shape index (κ1) is 14.2. The maximum atomic E-state index is 12.8. The molecule has 1 aromatic rings. The third kappa shape index (κ3) is 3.21. The van der Waals surface area contributed by atoms with E-state index < -0.39 is 11.7 Å². The smallest absolute Gasteiger partial charge is 0.406 e. The molecule has 2 rings (SSSR count). The predicted octanol–water partition coefficient (Wildman–Crippen LogP) is 3.31. The highest BCUT2D eigenvalue weighted by molar-refractivity contribution is 5.27. The predicted molar refractivity (Wildman–Crippen MR) is 67.3 cm³/mol. The molecule has 1 fully saturated rings. The normalized spacial score (nSPS) is 19.0. The SMILES string of the molecule is COc1ccc(CC(C)NC2(C(F)(F)F)CC2)cc1. The van der Waals surface area contributed by atoms with Gasteiger partial charge in [0.25, 0.3) is 0 Å². The molecule has 0 spiro atoms. The molecule has 1 N–H and O–H groups in total. The molecule has 0 aromatic heterocycles. The minimum absolute atomic E-state index is 0.184. The van der Waals surface area contributed by atoms with E-state index in [-0.39, 0.29) is 18.9 Å². The molecule has 0 radical (unpaired) electrons. The van der Waals surface area contributed by atoms with Crippen molar-refractivity contribution in [2.24, 2.45) is 0 Å². The van der Waals surface area contributed by atoms with Crippen molar-refractivity contribution in [3.05, 3.63) is 29.8 Å². The second-order valence-electron chi connectivity index (χ2n) is 5.18. The van der Waals surface area contributed by atoms with Crippen molar-refractivity contribution in [2.45, 2.75) is 43.9 Å². The molecule has 106 valence electrons. The van der Waals surface area contributed by atoms with Crippen LogP contribution in [0.25, 0.3) is 0 Å². The molecule has 0 bridgehead atoms. The van der Waals surface area contributed by atoms with Crippen molar-refractivity contribution in [2.75, 3.05) is 7.11 Å². The summed E-state index contributed by atoms with van der Waals surface area (Å²) >= 11 is 0. The lowest BCUT2D eigenvalue weighted by atomic mass is 10.1. The highest BCUT2D eigenvalue weighted by Gasteiger charge is 2.63. The first-order chi connectivity index (χ1) is 8.86. The van der Waals surface area contributed by atoms with Gasteiger partial charge in [0.15, 0.2) is 0 Å². The maximum Gasteiger partial charge on any atom is 0.406 e. The van der Waals surface area contributed by atoms with Gasteiger partial charge in [-0.15, -0.1) is 0 Å². The quantitative estimate of drug-likeness (QED) is 0.888. The average molecular weight is 273 g/mol. The van der Waals surface area contributed by atoms with Crippen LogP contribution in [-0.4, -0.2) is 24.9 Å². The van der Waals surface area contributed by atoms with E-state index in [0.717, 1.165) is 11.3 Å². The first-order valence-corrected chi connectivity index (χ1v) is 6.34. The van der Waals surface area contributed by atoms with Gasteiger partial charge in [0.2, 0.25) is 0 Å². The van der Waals surface area contributed by atoms with Gasteiger partial charge in [-0.2, -0.15) is 13.2 Å². The summed E-state index contributed by atoms with van der Waals surface area (Å²) in [5.41, 5.74) is -0.641. The summed E-state index contributed by atoms with van der Waals surface area (Å²) in [7, 11) is 1.58. The summed E-state index contributed by atoms with van der Waals surface area (Å²) < 4.78 is 43.5. The molecule has 2 nitrogen and oxygen atoms in total. The number of hydrogen-bond donors (Lipinski definition) is 1. The second kappa shape index (κ2) is 5.04. The number of alkyl halides is 3. The molecular formula is C14H18F3NO. The van der Waals surface area contributed by atoms with Crippen molar-refractivity contribution in [3.63, 3.8) is 0 Å². The van der Waals surface area contributed by atoms with E-state index in [1.54, 1.807) is 14.0 Å². The van der Waals surface area contributed by atoms with Gasteiger partial charge in [0.1, 0.15) is 11.3 Å². The molecule has 1 atom stereocenters. The highest BCUT2D eigenvalue weighted by Crippen LogP contribution is 2.49. The molecule has 5 heteroatoms. The van der Waals surface area contributed by atoms with Crippen molar-refractivity contribution in [3.8, 4) is 5.75 Å². The van der Waals surface area contributed by atoms with Crippen LogP contribution in [0.15, 0.2) is 24.3 Å². The van der Waals surface area contributed by atoms with E-state index in [1.165, 1.54) is 0 Å². The van der Waals surface area contributed by atoms with Gasteiger partial charge in [-0.1, -0.05) is 12.1 Å². The van der Waals surface area contributed by atoms with Crippen LogP contribution < -0.4 is 10.1 Å². The topological polar surface area (TPSA) is 21.3 Å². The fraction of sp³-hybridized carbons (Fsp3) is 0.571. The molecule has 0 heterocycles. The minimum atomic E-state index is -4.15. The number of methoxy groups -OCH3 is 1. The van der Waals surface area contributed by atoms with Gasteiger partial charge >= 0.3 is 6.18 Å². The van der Waals surface area contributed by atoms with Crippen LogP contribution in [0.1, 0.15) is 25.3 Å². The Bertz CT molecular complexity index is 423. The summed E-state index contributed by atoms with van der Waals surface area (Å²) in [6, 6.07) is 7.18. The molecule has 1 saturated carbocycles.